The molecule has 2 heterocycles. The highest BCUT2D eigenvalue weighted by Gasteiger charge is 2.26. The molecule has 0 bridgehead atoms. The van der Waals surface area contributed by atoms with Gasteiger partial charge in [0.1, 0.15) is 0 Å². The number of halogens is 2. The van der Waals surface area contributed by atoms with Crippen molar-refractivity contribution in [1.82, 2.24) is 10.2 Å². The quantitative estimate of drug-likeness (QED) is 0.838. The summed E-state index contributed by atoms with van der Waals surface area (Å²) in [4.78, 5) is 24.7. The van der Waals surface area contributed by atoms with Crippen molar-refractivity contribution < 1.29 is 19.1 Å². The highest BCUT2D eigenvalue weighted by molar-refractivity contribution is 6.53. The minimum absolute atomic E-state index is 0.0108. The van der Waals surface area contributed by atoms with Gasteiger partial charge in [-0.05, 0) is 31.0 Å². The van der Waals surface area contributed by atoms with Gasteiger partial charge in [-0.15, -0.1) is 0 Å². The van der Waals surface area contributed by atoms with Crippen molar-refractivity contribution in [2.75, 3.05) is 19.9 Å². The van der Waals surface area contributed by atoms with Crippen molar-refractivity contribution in [3.8, 4) is 11.5 Å². The van der Waals surface area contributed by atoms with Gasteiger partial charge < -0.3 is 19.7 Å². The Kier molecular flexibility index (Phi) is 4.82. The second-order valence-corrected chi connectivity index (χ2v) is 6.54. The molecule has 1 saturated heterocycles. The van der Waals surface area contributed by atoms with E-state index in [1.165, 1.54) is 0 Å². The van der Waals surface area contributed by atoms with Gasteiger partial charge in [0.15, 0.2) is 16.3 Å². The third-order valence-electron chi connectivity index (χ3n) is 3.95. The third-order valence-corrected chi connectivity index (χ3v) is 4.34. The van der Waals surface area contributed by atoms with Gasteiger partial charge >= 0.3 is 0 Å². The monoisotopic (exact) mass is 358 g/mol. The van der Waals surface area contributed by atoms with E-state index >= 15 is 0 Å². The lowest BCUT2D eigenvalue weighted by atomic mass is 10.0. The lowest BCUT2D eigenvalue weighted by Crippen LogP contribution is -2.47. The van der Waals surface area contributed by atoms with E-state index in [2.05, 4.69) is 5.32 Å². The zero-order chi connectivity index (χ0) is 16.4. The number of rotatable bonds is 3. The largest absolute Gasteiger partial charge is 0.454 e. The summed E-state index contributed by atoms with van der Waals surface area (Å²) in [6.45, 7) is 1.31. The highest BCUT2D eigenvalue weighted by atomic mass is 35.5. The van der Waals surface area contributed by atoms with E-state index in [0.29, 0.717) is 43.0 Å². The van der Waals surface area contributed by atoms with E-state index in [1.807, 2.05) is 0 Å². The Hall–Kier alpha value is -1.66. The molecule has 1 aromatic rings. The number of alkyl halides is 2. The second kappa shape index (κ2) is 6.84. The number of carbonyl (C=O) groups excluding carboxylic acids is 2. The molecule has 2 aliphatic rings. The summed E-state index contributed by atoms with van der Waals surface area (Å²) in [6.07, 6.45) is 1.34. The van der Waals surface area contributed by atoms with Crippen molar-refractivity contribution >= 4 is 35.0 Å². The van der Waals surface area contributed by atoms with E-state index in [0.717, 1.165) is 0 Å². The summed E-state index contributed by atoms with van der Waals surface area (Å²) in [6, 6.07) is 5.16. The van der Waals surface area contributed by atoms with E-state index in [4.69, 9.17) is 32.7 Å². The molecule has 124 valence electrons. The molecule has 3 rings (SSSR count). The molecule has 0 unspecified atom stereocenters. The maximum Gasteiger partial charge on any atom is 0.253 e. The standard InChI is InChI=1S/C15H16Cl2N2O4/c16-13(17)14(20)18-10-3-5-19(6-4-10)15(21)9-1-2-11-12(7-9)23-8-22-11/h1-2,7,10,13H,3-6,8H2,(H,18,20). The Labute approximate surface area is 143 Å². The Morgan fingerprint density at radius 3 is 2.57 bits per heavy atom. The molecule has 2 aliphatic heterocycles. The van der Waals surface area contributed by atoms with E-state index < -0.39 is 10.7 Å². The number of benzene rings is 1. The number of carbonyl (C=O) groups is 2. The summed E-state index contributed by atoms with van der Waals surface area (Å²) in [5.41, 5.74) is 0.568. The number of hydrogen-bond acceptors (Lipinski definition) is 4. The summed E-state index contributed by atoms with van der Waals surface area (Å²) in [5, 5.41) is 2.77. The SMILES string of the molecule is O=C(NC1CCN(C(=O)c2ccc3c(c2)OCO3)CC1)C(Cl)Cl. The van der Waals surface area contributed by atoms with Gasteiger partial charge in [0.25, 0.3) is 11.8 Å². The first-order valence-corrected chi connectivity index (χ1v) is 8.19. The first kappa shape index (κ1) is 16.2. The molecule has 0 spiro atoms. The molecule has 8 heteroatoms. The van der Waals surface area contributed by atoms with Gasteiger partial charge in [-0.1, -0.05) is 23.2 Å². The van der Waals surface area contributed by atoms with Gasteiger partial charge in [-0.3, -0.25) is 9.59 Å². The molecule has 23 heavy (non-hydrogen) atoms. The van der Waals surface area contributed by atoms with Crippen LogP contribution < -0.4 is 14.8 Å². The number of hydrogen-bond donors (Lipinski definition) is 1. The van der Waals surface area contributed by atoms with Crippen LogP contribution in [0.1, 0.15) is 23.2 Å². The third kappa shape index (κ3) is 3.64. The Morgan fingerprint density at radius 2 is 1.87 bits per heavy atom. The van der Waals surface area contributed by atoms with Crippen molar-refractivity contribution in [1.29, 1.82) is 0 Å². The molecule has 0 radical (unpaired) electrons. The minimum Gasteiger partial charge on any atom is -0.454 e. The predicted molar refractivity (Wildman–Crippen MR) is 85.1 cm³/mol. The summed E-state index contributed by atoms with van der Waals surface area (Å²) < 4.78 is 10.5. The molecule has 0 saturated carbocycles. The fraction of sp³-hybridized carbons (Fsp3) is 0.467. The van der Waals surface area contributed by atoms with Crippen LogP contribution in [0.2, 0.25) is 0 Å². The van der Waals surface area contributed by atoms with Crippen LogP contribution in [0.25, 0.3) is 0 Å². The first-order valence-electron chi connectivity index (χ1n) is 7.32. The molecule has 2 amide bonds. The van der Waals surface area contributed by atoms with Crippen LogP contribution >= 0.6 is 23.2 Å². The maximum absolute atomic E-state index is 12.5. The molecular formula is C15H16Cl2N2O4. The molecule has 1 N–H and O–H groups in total. The van der Waals surface area contributed by atoms with Crippen LogP contribution in [0.4, 0.5) is 0 Å². The van der Waals surface area contributed by atoms with Crippen LogP contribution in [0, 0.1) is 0 Å². The zero-order valence-electron chi connectivity index (χ0n) is 12.3. The summed E-state index contributed by atoms with van der Waals surface area (Å²) in [5.74, 6) is 0.794. The fourth-order valence-electron chi connectivity index (χ4n) is 2.70. The Bertz CT molecular complexity index is 615. The normalized spacial score (nSPS) is 17.4. The lowest BCUT2D eigenvalue weighted by molar-refractivity contribution is -0.120. The van der Waals surface area contributed by atoms with E-state index in [1.54, 1.807) is 23.1 Å². The van der Waals surface area contributed by atoms with Crippen molar-refractivity contribution in [2.45, 2.75) is 23.7 Å². The lowest BCUT2D eigenvalue weighted by Gasteiger charge is -2.32. The molecular weight excluding hydrogens is 343 g/mol. The van der Waals surface area contributed by atoms with Crippen LogP contribution in [-0.2, 0) is 4.79 Å². The molecule has 1 aromatic carbocycles. The maximum atomic E-state index is 12.5. The molecule has 0 aromatic heterocycles. The smallest absolute Gasteiger partial charge is 0.253 e. The second-order valence-electron chi connectivity index (χ2n) is 5.44. The van der Waals surface area contributed by atoms with Crippen LogP contribution in [0.3, 0.4) is 0 Å². The summed E-state index contributed by atoms with van der Waals surface area (Å²) >= 11 is 11.0. The van der Waals surface area contributed by atoms with Crippen molar-refractivity contribution in [2.24, 2.45) is 0 Å². The van der Waals surface area contributed by atoms with Crippen molar-refractivity contribution in [3.63, 3.8) is 0 Å². The number of ether oxygens (including phenoxy) is 2. The predicted octanol–water partition coefficient (Wildman–Crippen LogP) is 1.94. The van der Waals surface area contributed by atoms with E-state index in [-0.39, 0.29) is 18.7 Å². The van der Waals surface area contributed by atoms with Crippen molar-refractivity contribution in [3.05, 3.63) is 23.8 Å². The Morgan fingerprint density at radius 1 is 1.17 bits per heavy atom. The zero-order valence-corrected chi connectivity index (χ0v) is 13.8. The summed E-state index contributed by atoms with van der Waals surface area (Å²) in [7, 11) is 0. The highest BCUT2D eigenvalue weighted by Crippen LogP contribution is 2.33. The number of fused-ring (bicyclic) bond motifs is 1. The van der Waals surface area contributed by atoms with Gasteiger partial charge in [-0.25, -0.2) is 0 Å². The van der Waals surface area contributed by atoms with Crippen LogP contribution in [0.15, 0.2) is 18.2 Å². The molecule has 0 atom stereocenters. The fourth-order valence-corrected chi connectivity index (χ4v) is 2.83. The van der Waals surface area contributed by atoms with Crippen LogP contribution in [0.5, 0.6) is 11.5 Å². The number of likely N-dealkylation sites (tertiary alicyclic amines) is 1. The topological polar surface area (TPSA) is 67.9 Å². The number of amides is 2. The molecule has 6 nitrogen and oxygen atoms in total. The average Bonchev–Trinajstić information content (AvgIpc) is 3.02. The number of piperidine rings is 1. The minimum atomic E-state index is -1.07. The molecule has 0 aliphatic carbocycles. The van der Waals surface area contributed by atoms with Gasteiger partial charge in [0.2, 0.25) is 6.79 Å². The van der Waals surface area contributed by atoms with Gasteiger partial charge in [-0.2, -0.15) is 0 Å². The van der Waals surface area contributed by atoms with Gasteiger partial charge in [0, 0.05) is 24.7 Å². The number of nitrogens with zero attached hydrogens (tertiary/aromatic N) is 1. The Balaban J connectivity index is 1.57. The number of nitrogens with one attached hydrogen (secondary N) is 1. The van der Waals surface area contributed by atoms with Crippen LogP contribution in [-0.4, -0.2) is 47.5 Å². The van der Waals surface area contributed by atoms with Gasteiger partial charge in [0.05, 0.1) is 0 Å². The first-order chi connectivity index (χ1) is 11.0. The van der Waals surface area contributed by atoms with E-state index in [9.17, 15) is 9.59 Å². The molecule has 1 fully saturated rings. The average molecular weight is 359 g/mol.